The lowest BCUT2D eigenvalue weighted by Crippen LogP contribution is -2.67. The molecule has 4 nitrogen and oxygen atoms in total. The summed E-state index contributed by atoms with van der Waals surface area (Å²) < 4.78 is 6.12. The van der Waals surface area contributed by atoms with Gasteiger partial charge in [0.2, 0.25) is 0 Å². The number of allylic oxidation sites excluding steroid dienone is 1. The maximum Gasteiger partial charge on any atom is 0.123 e. The fourth-order valence-corrected chi connectivity index (χ4v) is 5.69. The molecule has 0 bridgehead atoms. The van der Waals surface area contributed by atoms with Gasteiger partial charge in [0.25, 0.3) is 0 Å². The Bertz CT molecular complexity index is 725. The molecule has 3 atom stereocenters. The van der Waals surface area contributed by atoms with Crippen molar-refractivity contribution in [2.45, 2.75) is 68.9 Å². The number of phenols is 1. The van der Waals surface area contributed by atoms with Crippen molar-refractivity contribution in [1.82, 2.24) is 4.90 Å². The van der Waals surface area contributed by atoms with Crippen LogP contribution in [-0.4, -0.2) is 47.0 Å². The van der Waals surface area contributed by atoms with Crippen molar-refractivity contribution in [1.29, 1.82) is 0 Å². The number of phenolic OH excluding ortho intramolecular Hbond substituents is 1. The van der Waals surface area contributed by atoms with Gasteiger partial charge in [-0.3, -0.25) is 4.90 Å². The molecule has 0 amide bonds. The second-order valence-corrected chi connectivity index (χ2v) is 8.91. The van der Waals surface area contributed by atoms with E-state index in [-0.39, 0.29) is 6.04 Å². The number of likely N-dealkylation sites (N-methyl/N-ethyl adjacent to an activating group) is 1. The summed E-state index contributed by atoms with van der Waals surface area (Å²) in [5, 5.41) is 23.0. The fraction of sp³-hybridized carbons (Fsp3) is 0.652. The number of ether oxygens (including phenoxy) is 1. The first-order chi connectivity index (χ1) is 13.0. The largest absolute Gasteiger partial charge is 0.508 e. The maximum atomic E-state index is 12.3. The van der Waals surface area contributed by atoms with Gasteiger partial charge >= 0.3 is 0 Å². The molecule has 0 spiro atoms. The predicted molar refractivity (Wildman–Crippen MR) is 107 cm³/mol. The first-order valence-electron chi connectivity index (χ1n) is 10.5. The molecule has 1 heterocycles. The van der Waals surface area contributed by atoms with Crippen LogP contribution in [0.4, 0.5) is 0 Å². The summed E-state index contributed by atoms with van der Waals surface area (Å²) in [5.74, 6) is 1.94. The molecule has 1 aromatic carbocycles. The summed E-state index contributed by atoms with van der Waals surface area (Å²) >= 11 is 0. The smallest absolute Gasteiger partial charge is 0.123 e. The van der Waals surface area contributed by atoms with Crippen molar-refractivity contribution in [3.05, 3.63) is 35.9 Å². The Balaban J connectivity index is 1.85. The van der Waals surface area contributed by atoms with Crippen molar-refractivity contribution in [3.63, 3.8) is 0 Å². The SMILES string of the molecule is C=CCCC1(O)C(N(C)CC2CC2)Cc2c(O)ccc3c2[C@@]1(CCC)CO3. The lowest BCUT2D eigenvalue weighted by Gasteiger charge is -2.55. The molecule has 4 heteroatoms. The van der Waals surface area contributed by atoms with Crippen LogP contribution in [0.2, 0.25) is 0 Å². The standard InChI is InChI=1S/C23H33NO3/c1-4-6-12-23(26)20(24(3)14-16-7-8-16)13-17-18(25)9-10-19-21(17)22(23,11-5-2)15-27-19/h4,9-10,16,20,25-26H,1,5-8,11-15H2,2-3H3/t20?,22-,23?/m1/s1. The summed E-state index contributed by atoms with van der Waals surface area (Å²) in [4.78, 5) is 2.35. The van der Waals surface area contributed by atoms with E-state index in [1.165, 1.54) is 12.8 Å². The number of aromatic hydroxyl groups is 1. The van der Waals surface area contributed by atoms with Gasteiger partial charge in [-0.15, -0.1) is 6.58 Å². The van der Waals surface area contributed by atoms with E-state index in [4.69, 9.17) is 4.74 Å². The molecule has 3 aliphatic rings. The van der Waals surface area contributed by atoms with Crippen LogP contribution in [0, 0.1) is 5.92 Å². The highest BCUT2D eigenvalue weighted by Gasteiger charge is 2.63. The number of nitrogens with zero attached hydrogens (tertiary/aromatic N) is 1. The highest BCUT2D eigenvalue weighted by molar-refractivity contribution is 5.59. The minimum Gasteiger partial charge on any atom is -0.508 e. The van der Waals surface area contributed by atoms with Crippen LogP contribution in [0.5, 0.6) is 11.5 Å². The Kier molecular flexibility index (Phi) is 4.76. The van der Waals surface area contributed by atoms with E-state index < -0.39 is 11.0 Å². The van der Waals surface area contributed by atoms with Crippen molar-refractivity contribution in [2.75, 3.05) is 20.2 Å². The second-order valence-electron chi connectivity index (χ2n) is 8.91. The molecular formula is C23H33NO3. The topological polar surface area (TPSA) is 52.9 Å². The zero-order valence-corrected chi connectivity index (χ0v) is 16.7. The van der Waals surface area contributed by atoms with E-state index in [9.17, 15) is 10.2 Å². The maximum absolute atomic E-state index is 12.3. The number of rotatable bonds is 8. The van der Waals surface area contributed by atoms with E-state index in [0.717, 1.165) is 48.6 Å². The molecule has 0 radical (unpaired) electrons. The van der Waals surface area contributed by atoms with Crippen LogP contribution < -0.4 is 4.74 Å². The Morgan fingerprint density at radius 3 is 2.78 bits per heavy atom. The number of benzene rings is 1. The van der Waals surface area contributed by atoms with Crippen LogP contribution in [0.15, 0.2) is 24.8 Å². The molecule has 1 aromatic rings. The van der Waals surface area contributed by atoms with Crippen LogP contribution in [0.1, 0.15) is 56.6 Å². The molecule has 4 rings (SSSR count). The third kappa shape index (κ3) is 2.80. The molecule has 1 fully saturated rings. The Morgan fingerprint density at radius 1 is 1.33 bits per heavy atom. The van der Waals surface area contributed by atoms with Crippen molar-refractivity contribution in [3.8, 4) is 11.5 Å². The van der Waals surface area contributed by atoms with E-state index >= 15 is 0 Å². The number of hydrogen-bond donors (Lipinski definition) is 2. The summed E-state index contributed by atoms with van der Waals surface area (Å²) in [7, 11) is 2.14. The van der Waals surface area contributed by atoms with Crippen LogP contribution in [0.3, 0.4) is 0 Å². The summed E-state index contributed by atoms with van der Waals surface area (Å²) in [6.07, 6.45) is 8.43. The van der Waals surface area contributed by atoms with Crippen LogP contribution in [0.25, 0.3) is 0 Å². The van der Waals surface area contributed by atoms with Crippen molar-refractivity contribution < 1.29 is 14.9 Å². The normalized spacial score (nSPS) is 31.6. The van der Waals surface area contributed by atoms with Gasteiger partial charge < -0.3 is 14.9 Å². The molecule has 1 aliphatic heterocycles. The highest BCUT2D eigenvalue weighted by Crippen LogP contribution is 2.58. The molecule has 27 heavy (non-hydrogen) atoms. The van der Waals surface area contributed by atoms with E-state index in [1.807, 2.05) is 12.1 Å². The Labute approximate surface area is 162 Å². The van der Waals surface area contributed by atoms with Gasteiger partial charge in [-0.2, -0.15) is 0 Å². The van der Waals surface area contributed by atoms with E-state index in [1.54, 1.807) is 6.07 Å². The van der Waals surface area contributed by atoms with Gasteiger partial charge in [0.15, 0.2) is 0 Å². The zero-order chi connectivity index (χ0) is 19.2. The van der Waals surface area contributed by atoms with E-state index in [0.29, 0.717) is 25.2 Å². The monoisotopic (exact) mass is 371 g/mol. The van der Waals surface area contributed by atoms with E-state index in [2.05, 4.69) is 25.5 Å². The Hall–Kier alpha value is -1.52. The molecule has 1 saturated carbocycles. The zero-order valence-electron chi connectivity index (χ0n) is 16.7. The first kappa shape index (κ1) is 18.8. The predicted octanol–water partition coefficient (Wildman–Crippen LogP) is 3.79. The minimum absolute atomic E-state index is 0.0278. The molecule has 2 aliphatic carbocycles. The summed E-state index contributed by atoms with van der Waals surface area (Å²) in [6, 6.07) is 3.59. The fourth-order valence-electron chi connectivity index (χ4n) is 5.69. The second kappa shape index (κ2) is 6.82. The van der Waals surface area contributed by atoms with Gasteiger partial charge in [0.1, 0.15) is 18.1 Å². The molecule has 0 saturated heterocycles. The van der Waals surface area contributed by atoms with Gasteiger partial charge in [-0.1, -0.05) is 19.4 Å². The number of hydrogen-bond acceptors (Lipinski definition) is 4. The quantitative estimate of drug-likeness (QED) is 0.683. The molecule has 2 unspecified atom stereocenters. The first-order valence-corrected chi connectivity index (χ1v) is 10.5. The molecule has 0 aromatic heterocycles. The lowest BCUT2D eigenvalue weighted by molar-refractivity contribution is -0.121. The molecule has 148 valence electrons. The lowest BCUT2D eigenvalue weighted by atomic mass is 9.55. The third-order valence-corrected chi connectivity index (χ3v) is 7.16. The highest BCUT2D eigenvalue weighted by atomic mass is 16.5. The molecular weight excluding hydrogens is 338 g/mol. The van der Waals surface area contributed by atoms with Crippen LogP contribution >= 0.6 is 0 Å². The third-order valence-electron chi connectivity index (χ3n) is 7.16. The molecule has 2 N–H and O–H groups in total. The van der Waals surface area contributed by atoms with Gasteiger partial charge in [0.05, 0.1) is 11.0 Å². The van der Waals surface area contributed by atoms with Gasteiger partial charge in [0, 0.05) is 23.7 Å². The van der Waals surface area contributed by atoms with Gasteiger partial charge in [-0.25, -0.2) is 0 Å². The van der Waals surface area contributed by atoms with Crippen molar-refractivity contribution >= 4 is 0 Å². The van der Waals surface area contributed by atoms with Crippen molar-refractivity contribution in [2.24, 2.45) is 5.92 Å². The minimum atomic E-state index is -0.896. The number of aliphatic hydroxyl groups is 1. The average molecular weight is 372 g/mol. The van der Waals surface area contributed by atoms with Gasteiger partial charge in [-0.05, 0) is 63.6 Å². The summed E-state index contributed by atoms with van der Waals surface area (Å²) in [6.45, 7) is 7.57. The average Bonchev–Trinajstić information content (AvgIpc) is 3.38. The van der Waals surface area contributed by atoms with Crippen LogP contribution in [-0.2, 0) is 11.8 Å². The summed E-state index contributed by atoms with van der Waals surface area (Å²) in [5.41, 5.74) is 0.684. The Morgan fingerprint density at radius 2 is 2.11 bits per heavy atom.